The van der Waals surface area contributed by atoms with Gasteiger partial charge >= 0.3 is 0 Å². The van der Waals surface area contributed by atoms with Gasteiger partial charge in [-0.1, -0.05) is 18.5 Å². The van der Waals surface area contributed by atoms with E-state index in [0.717, 1.165) is 23.3 Å². The van der Waals surface area contributed by atoms with E-state index in [9.17, 15) is 0 Å². The van der Waals surface area contributed by atoms with Crippen LogP contribution in [0.3, 0.4) is 0 Å². The fourth-order valence-electron chi connectivity index (χ4n) is 2.36. The zero-order valence-electron chi connectivity index (χ0n) is 10.4. The number of hydrogen-bond donors (Lipinski definition) is 1. The van der Waals surface area contributed by atoms with E-state index in [4.69, 9.17) is 11.6 Å². The van der Waals surface area contributed by atoms with Gasteiger partial charge in [-0.25, -0.2) is 0 Å². The van der Waals surface area contributed by atoms with Gasteiger partial charge in [-0.3, -0.25) is 4.90 Å². The van der Waals surface area contributed by atoms with Crippen LogP contribution in [-0.2, 0) is 6.54 Å². The molecular formula is C13H21ClN2S. The first-order valence-corrected chi connectivity index (χ1v) is 7.64. The van der Waals surface area contributed by atoms with Gasteiger partial charge in [0.2, 0.25) is 0 Å². The van der Waals surface area contributed by atoms with Crippen molar-refractivity contribution in [2.75, 3.05) is 26.2 Å². The van der Waals surface area contributed by atoms with E-state index >= 15 is 0 Å². The Labute approximate surface area is 113 Å². The molecule has 0 aromatic carbocycles. The Kier molecular flexibility index (Phi) is 5.29. The molecular weight excluding hydrogens is 252 g/mol. The van der Waals surface area contributed by atoms with Gasteiger partial charge in [0.05, 0.1) is 4.34 Å². The summed E-state index contributed by atoms with van der Waals surface area (Å²) < 4.78 is 0.903. The van der Waals surface area contributed by atoms with Crippen molar-refractivity contribution in [1.29, 1.82) is 0 Å². The molecule has 1 atom stereocenters. The third-order valence-electron chi connectivity index (χ3n) is 3.24. The smallest absolute Gasteiger partial charge is 0.0931 e. The summed E-state index contributed by atoms with van der Waals surface area (Å²) in [5.41, 5.74) is 0. The molecule has 0 aliphatic carbocycles. The molecule has 1 N–H and O–H groups in total. The summed E-state index contributed by atoms with van der Waals surface area (Å²) >= 11 is 7.65. The molecule has 1 aliphatic rings. The number of hydrogen-bond acceptors (Lipinski definition) is 3. The summed E-state index contributed by atoms with van der Waals surface area (Å²) in [7, 11) is 0. The van der Waals surface area contributed by atoms with Crippen LogP contribution in [0.2, 0.25) is 4.34 Å². The van der Waals surface area contributed by atoms with Crippen molar-refractivity contribution in [2.45, 2.75) is 26.3 Å². The molecule has 2 rings (SSSR count). The summed E-state index contributed by atoms with van der Waals surface area (Å²) in [6.07, 6.45) is 2.56. The first kappa shape index (κ1) is 13.3. The number of likely N-dealkylation sites (tertiary alicyclic amines) is 1. The van der Waals surface area contributed by atoms with Gasteiger partial charge in [-0.2, -0.15) is 0 Å². The van der Waals surface area contributed by atoms with Crippen molar-refractivity contribution in [3.8, 4) is 0 Å². The van der Waals surface area contributed by atoms with Crippen molar-refractivity contribution >= 4 is 22.9 Å². The topological polar surface area (TPSA) is 15.3 Å². The van der Waals surface area contributed by atoms with Gasteiger partial charge in [0.15, 0.2) is 0 Å². The maximum Gasteiger partial charge on any atom is 0.0931 e. The zero-order valence-corrected chi connectivity index (χ0v) is 12.0. The second-order valence-corrected chi connectivity index (χ2v) is 6.60. The Morgan fingerprint density at radius 1 is 1.53 bits per heavy atom. The van der Waals surface area contributed by atoms with Crippen LogP contribution >= 0.6 is 22.9 Å². The minimum Gasteiger partial charge on any atom is -0.316 e. The minimum atomic E-state index is 0.831. The number of thiophene rings is 1. The van der Waals surface area contributed by atoms with Crippen LogP contribution in [0.1, 0.15) is 24.6 Å². The number of nitrogens with one attached hydrogen (secondary N) is 1. The fourth-order valence-corrected chi connectivity index (χ4v) is 3.49. The van der Waals surface area contributed by atoms with Crippen molar-refractivity contribution in [3.05, 3.63) is 21.3 Å². The second kappa shape index (κ2) is 6.74. The van der Waals surface area contributed by atoms with Crippen LogP contribution < -0.4 is 5.32 Å². The molecule has 2 nitrogen and oxygen atoms in total. The molecule has 4 heteroatoms. The predicted molar refractivity (Wildman–Crippen MR) is 75.9 cm³/mol. The lowest BCUT2D eigenvalue weighted by atomic mass is 10.1. The normalized spacial score (nSPS) is 21.2. The summed E-state index contributed by atoms with van der Waals surface area (Å²) in [6, 6.07) is 4.15. The highest BCUT2D eigenvalue weighted by atomic mass is 35.5. The minimum absolute atomic E-state index is 0.831. The molecule has 0 radical (unpaired) electrons. The van der Waals surface area contributed by atoms with E-state index in [1.807, 2.05) is 6.07 Å². The molecule has 0 saturated carbocycles. The Morgan fingerprint density at radius 2 is 2.41 bits per heavy atom. The number of rotatable bonds is 6. The maximum absolute atomic E-state index is 5.95. The van der Waals surface area contributed by atoms with Crippen molar-refractivity contribution in [1.82, 2.24) is 10.2 Å². The molecule has 1 saturated heterocycles. The molecule has 0 amide bonds. The van der Waals surface area contributed by atoms with Crippen LogP contribution in [-0.4, -0.2) is 31.1 Å². The molecule has 1 fully saturated rings. The lowest BCUT2D eigenvalue weighted by Gasteiger charge is -2.15. The Hall–Kier alpha value is -0.0900. The highest BCUT2D eigenvalue weighted by Gasteiger charge is 2.22. The summed E-state index contributed by atoms with van der Waals surface area (Å²) in [4.78, 5) is 3.93. The number of nitrogens with zero attached hydrogens (tertiary/aromatic N) is 1. The standard InChI is InChI=1S/C13H21ClN2S/c1-2-6-15-8-11-5-7-16(9-11)10-12-3-4-13(14)17-12/h3-4,11,15H,2,5-10H2,1H3. The molecule has 96 valence electrons. The van der Waals surface area contributed by atoms with Crippen LogP contribution in [0.4, 0.5) is 0 Å². The molecule has 2 heterocycles. The third-order valence-corrected chi connectivity index (χ3v) is 4.45. The van der Waals surface area contributed by atoms with E-state index in [1.165, 1.54) is 37.4 Å². The summed E-state index contributed by atoms with van der Waals surface area (Å²) in [6.45, 7) is 8.07. The Balaban J connectivity index is 1.70. The molecule has 1 unspecified atom stereocenters. The van der Waals surface area contributed by atoms with Crippen LogP contribution in [0.5, 0.6) is 0 Å². The summed E-state index contributed by atoms with van der Waals surface area (Å²) in [5.74, 6) is 0.831. The van der Waals surface area contributed by atoms with E-state index in [1.54, 1.807) is 11.3 Å². The highest BCUT2D eigenvalue weighted by molar-refractivity contribution is 7.16. The van der Waals surface area contributed by atoms with Gasteiger partial charge < -0.3 is 5.32 Å². The van der Waals surface area contributed by atoms with E-state index in [2.05, 4.69) is 23.2 Å². The SMILES string of the molecule is CCCNCC1CCN(Cc2ccc(Cl)s2)C1. The molecule has 0 bridgehead atoms. The molecule has 1 aromatic rings. The molecule has 1 aliphatic heterocycles. The molecule has 17 heavy (non-hydrogen) atoms. The Bertz CT molecular complexity index is 340. The largest absolute Gasteiger partial charge is 0.316 e. The number of halogens is 1. The summed E-state index contributed by atoms with van der Waals surface area (Å²) in [5, 5.41) is 3.52. The van der Waals surface area contributed by atoms with E-state index in [0.29, 0.717) is 0 Å². The quantitative estimate of drug-likeness (QED) is 0.800. The van der Waals surface area contributed by atoms with Gasteiger partial charge in [0, 0.05) is 18.0 Å². The fraction of sp³-hybridized carbons (Fsp3) is 0.692. The monoisotopic (exact) mass is 272 g/mol. The van der Waals surface area contributed by atoms with E-state index in [-0.39, 0.29) is 0 Å². The average molecular weight is 273 g/mol. The Morgan fingerprint density at radius 3 is 3.12 bits per heavy atom. The van der Waals surface area contributed by atoms with Crippen molar-refractivity contribution in [3.63, 3.8) is 0 Å². The van der Waals surface area contributed by atoms with Gasteiger partial charge in [0.25, 0.3) is 0 Å². The van der Waals surface area contributed by atoms with Gasteiger partial charge in [-0.05, 0) is 50.5 Å². The first-order valence-electron chi connectivity index (χ1n) is 6.45. The average Bonchev–Trinajstić information content (AvgIpc) is 2.90. The molecule has 1 aromatic heterocycles. The van der Waals surface area contributed by atoms with E-state index < -0.39 is 0 Å². The van der Waals surface area contributed by atoms with Crippen molar-refractivity contribution in [2.24, 2.45) is 5.92 Å². The predicted octanol–water partition coefficient (Wildman–Crippen LogP) is 3.22. The van der Waals surface area contributed by atoms with Crippen LogP contribution in [0, 0.1) is 5.92 Å². The van der Waals surface area contributed by atoms with Crippen molar-refractivity contribution < 1.29 is 0 Å². The lowest BCUT2D eigenvalue weighted by molar-refractivity contribution is 0.317. The zero-order chi connectivity index (χ0) is 12.1. The van der Waals surface area contributed by atoms with Gasteiger partial charge in [0.1, 0.15) is 0 Å². The maximum atomic E-state index is 5.95. The van der Waals surface area contributed by atoms with Crippen LogP contribution in [0.15, 0.2) is 12.1 Å². The lowest BCUT2D eigenvalue weighted by Crippen LogP contribution is -2.26. The van der Waals surface area contributed by atoms with Gasteiger partial charge in [-0.15, -0.1) is 11.3 Å². The third kappa shape index (κ3) is 4.25. The molecule has 0 spiro atoms. The highest BCUT2D eigenvalue weighted by Crippen LogP contribution is 2.25. The first-order chi connectivity index (χ1) is 8.28. The second-order valence-electron chi connectivity index (χ2n) is 4.80. The van der Waals surface area contributed by atoms with Crippen LogP contribution in [0.25, 0.3) is 0 Å².